The Bertz CT molecular complexity index is 946. The van der Waals surface area contributed by atoms with Crippen LogP contribution >= 0.6 is 7.75 Å². The zero-order valence-electron chi connectivity index (χ0n) is 18.0. The standard InChI is InChI=1S/C20H26N3O7P/c1-14(2)28-20(24)15(3)21-31(27,29-18-10-6-16(7-11-18)22(4)5)30-19-12-8-17(9-13-19)23(25)26/h6-15H,1-5H3,(H,21,27)/t15-,31?/m0/s1. The highest BCUT2D eigenvalue weighted by molar-refractivity contribution is 7.52. The molecule has 0 aliphatic rings. The first kappa shape index (κ1) is 24.2. The van der Waals surface area contributed by atoms with Crippen LogP contribution in [0.4, 0.5) is 11.4 Å². The summed E-state index contributed by atoms with van der Waals surface area (Å²) in [6.07, 6.45) is -0.355. The van der Waals surface area contributed by atoms with Crippen LogP contribution in [0.3, 0.4) is 0 Å². The Kier molecular flexibility index (Phi) is 8.01. The molecule has 2 aromatic rings. The maximum Gasteiger partial charge on any atom is 0.513 e. The molecule has 0 aliphatic heterocycles. The van der Waals surface area contributed by atoms with Gasteiger partial charge in [0, 0.05) is 31.9 Å². The van der Waals surface area contributed by atoms with Crippen LogP contribution in [0.15, 0.2) is 48.5 Å². The van der Waals surface area contributed by atoms with Crippen LogP contribution in [0.5, 0.6) is 11.5 Å². The molecule has 0 bridgehead atoms. The van der Waals surface area contributed by atoms with Crippen molar-refractivity contribution in [2.24, 2.45) is 0 Å². The van der Waals surface area contributed by atoms with E-state index in [1.165, 1.54) is 31.2 Å². The van der Waals surface area contributed by atoms with Crippen molar-refractivity contribution in [3.8, 4) is 11.5 Å². The molecule has 0 saturated carbocycles. The fourth-order valence-corrected chi connectivity index (χ4v) is 3.93. The van der Waals surface area contributed by atoms with E-state index in [0.717, 1.165) is 5.69 Å². The molecular formula is C20H26N3O7P. The molecule has 0 radical (unpaired) electrons. The van der Waals surface area contributed by atoms with Gasteiger partial charge in [0.05, 0.1) is 11.0 Å². The van der Waals surface area contributed by atoms with Gasteiger partial charge in [0.2, 0.25) is 0 Å². The Hall–Kier alpha value is -3.10. The molecule has 0 spiro atoms. The van der Waals surface area contributed by atoms with E-state index in [0.29, 0.717) is 0 Å². The molecule has 0 aromatic heterocycles. The number of esters is 1. The third kappa shape index (κ3) is 7.27. The van der Waals surface area contributed by atoms with Crippen LogP contribution in [0.2, 0.25) is 0 Å². The van der Waals surface area contributed by atoms with Crippen LogP contribution in [0, 0.1) is 10.1 Å². The highest BCUT2D eigenvalue weighted by Gasteiger charge is 2.34. The van der Waals surface area contributed by atoms with Gasteiger partial charge in [-0.2, -0.15) is 5.09 Å². The molecule has 0 saturated heterocycles. The lowest BCUT2D eigenvalue weighted by atomic mass is 10.3. The lowest BCUT2D eigenvalue weighted by Gasteiger charge is -2.24. The van der Waals surface area contributed by atoms with E-state index >= 15 is 0 Å². The van der Waals surface area contributed by atoms with E-state index in [1.54, 1.807) is 38.1 Å². The van der Waals surface area contributed by atoms with Gasteiger partial charge < -0.3 is 18.7 Å². The van der Waals surface area contributed by atoms with Crippen LogP contribution < -0.4 is 19.0 Å². The van der Waals surface area contributed by atoms with Gasteiger partial charge in [-0.25, -0.2) is 4.57 Å². The van der Waals surface area contributed by atoms with Gasteiger partial charge >= 0.3 is 13.7 Å². The summed E-state index contributed by atoms with van der Waals surface area (Å²) in [6, 6.07) is 10.8. The number of anilines is 1. The van der Waals surface area contributed by atoms with Crippen molar-refractivity contribution in [2.45, 2.75) is 32.9 Å². The van der Waals surface area contributed by atoms with Crippen LogP contribution in [-0.4, -0.2) is 37.1 Å². The molecule has 0 fully saturated rings. The fraction of sp³-hybridized carbons (Fsp3) is 0.350. The Morgan fingerprint density at radius 3 is 1.90 bits per heavy atom. The van der Waals surface area contributed by atoms with Crippen LogP contribution in [0.1, 0.15) is 20.8 Å². The Morgan fingerprint density at radius 2 is 1.48 bits per heavy atom. The van der Waals surface area contributed by atoms with Gasteiger partial charge in [-0.05, 0) is 57.2 Å². The predicted molar refractivity (Wildman–Crippen MR) is 117 cm³/mol. The first-order valence-corrected chi connectivity index (χ1v) is 11.0. The highest BCUT2D eigenvalue weighted by Crippen LogP contribution is 2.45. The maximum atomic E-state index is 13.5. The average molecular weight is 451 g/mol. The minimum Gasteiger partial charge on any atom is -0.462 e. The van der Waals surface area contributed by atoms with Crippen LogP contribution in [0.25, 0.3) is 0 Å². The number of nitrogens with zero attached hydrogens (tertiary/aromatic N) is 2. The second-order valence-corrected chi connectivity index (χ2v) is 8.77. The molecule has 11 heteroatoms. The molecule has 0 aliphatic carbocycles. The minimum absolute atomic E-state index is 0.0655. The number of hydrogen-bond donors (Lipinski definition) is 1. The molecule has 31 heavy (non-hydrogen) atoms. The van der Waals surface area contributed by atoms with Gasteiger partial charge in [0.1, 0.15) is 17.5 Å². The number of nitro benzene ring substituents is 1. The molecule has 1 unspecified atom stereocenters. The van der Waals surface area contributed by atoms with Crippen LogP contribution in [-0.2, 0) is 14.1 Å². The number of non-ortho nitro benzene ring substituents is 1. The van der Waals surface area contributed by atoms with E-state index < -0.39 is 24.7 Å². The lowest BCUT2D eigenvalue weighted by molar-refractivity contribution is -0.384. The van der Waals surface area contributed by atoms with E-state index in [4.69, 9.17) is 13.8 Å². The van der Waals surface area contributed by atoms with E-state index in [1.807, 2.05) is 19.0 Å². The zero-order valence-corrected chi connectivity index (χ0v) is 18.9. The number of carbonyl (C=O) groups excluding carboxylic acids is 1. The monoisotopic (exact) mass is 451 g/mol. The summed E-state index contributed by atoms with van der Waals surface area (Å²) in [5.74, 6) is -0.322. The third-order valence-corrected chi connectivity index (χ3v) is 5.51. The summed E-state index contributed by atoms with van der Waals surface area (Å²) in [5, 5.41) is 13.4. The van der Waals surface area contributed by atoms with Gasteiger partial charge in [-0.15, -0.1) is 0 Å². The maximum absolute atomic E-state index is 13.5. The van der Waals surface area contributed by atoms with E-state index in [9.17, 15) is 19.5 Å². The summed E-state index contributed by atoms with van der Waals surface area (Å²) in [6.45, 7) is 4.86. The van der Waals surface area contributed by atoms with Crippen molar-refractivity contribution >= 4 is 25.1 Å². The molecule has 10 nitrogen and oxygen atoms in total. The second-order valence-electron chi connectivity index (χ2n) is 7.16. The normalized spacial score (nSPS) is 13.7. The zero-order chi connectivity index (χ0) is 23.2. The third-order valence-electron chi connectivity index (χ3n) is 3.91. The average Bonchev–Trinajstić information content (AvgIpc) is 2.68. The number of ether oxygens (including phenoxy) is 1. The molecule has 0 amide bonds. The molecule has 168 valence electrons. The number of benzene rings is 2. The van der Waals surface area contributed by atoms with E-state index in [2.05, 4.69) is 5.09 Å². The van der Waals surface area contributed by atoms with Crippen molar-refractivity contribution < 1.29 is 28.1 Å². The second kappa shape index (κ2) is 10.3. The first-order chi connectivity index (χ1) is 14.5. The number of carbonyl (C=O) groups is 1. The Balaban J connectivity index is 2.27. The first-order valence-electron chi connectivity index (χ1n) is 9.48. The number of rotatable bonds is 10. The molecule has 2 aromatic carbocycles. The topological polar surface area (TPSA) is 120 Å². The van der Waals surface area contributed by atoms with Gasteiger partial charge in [0.15, 0.2) is 0 Å². The number of nitro groups is 1. The van der Waals surface area contributed by atoms with E-state index in [-0.39, 0.29) is 23.3 Å². The summed E-state index contributed by atoms with van der Waals surface area (Å²) in [5.41, 5.74) is 0.754. The quantitative estimate of drug-likeness (QED) is 0.246. The van der Waals surface area contributed by atoms with Crippen molar-refractivity contribution in [2.75, 3.05) is 19.0 Å². The summed E-state index contributed by atoms with van der Waals surface area (Å²) in [4.78, 5) is 24.3. The number of hydrogen-bond acceptors (Lipinski definition) is 8. The molecular weight excluding hydrogens is 425 g/mol. The van der Waals surface area contributed by atoms with Gasteiger partial charge in [-0.1, -0.05) is 0 Å². The summed E-state index contributed by atoms with van der Waals surface area (Å²) < 4.78 is 29.7. The molecule has 2 rings (SSSR count). The Morgan fingerprint density at radius 1 is 1.00 bits per heavy atom. The lowest BCUT2D eigenvalue weighted by Crippen LogP contribution is -2.36. The molecule has 0 heterocycles. The predicted octanol–water partition coefficient (Wildman–Crippen LogP) is 4.16. The smallest absolute Gasteiger partial charge is 0.462 e. The van der Waals surface area contributed by atoms with Crippen molar-refractivity contribution in [1.82, 2.24) is 5.09 Å². The van der Waals surface area contributed by atoms with Gasteiger partial charge in [-0.3, -0.25) is 14.9 Å². The van der Waals surface area contributed by atoms with Crippen molar-refractivity contribution in [3.05, 3.63) is 58.6 Å². The Labute approximate surface area is 180 Å². The van der Waals surface area contributed by atoms with Crippen molar-refractivity contribution in [1.29, 1.82) is 0 Å². The molecule has 1 N–H and O–H groups in total. The number of nitrogens with one attached hydrogen (secondary N) is 1. The minimum atomic E-state index is -4.13. The fourth-order valence-electron chi connectivity index (χ4n) is 2.41. The molecule has 2 atom stereocenters. The largest absolute Gasteiger partial charge is 0.513 e. The SMILES string of the molecule is CC(C)OC(=O)[C@H](C)NP(=O)(Oc1ccc(N(C)C)cc1)Oc1ccc([N+](=O)[O-])cc1. The van der Waals surface area contributed by atoms with Crippen molar-refractivity contribution in [3.63, 3.8) is 0 Å². The highest BCUT2D eigenvalue weighted by atomic mass is 31.2. The summed E-state index contributed by atoms with van der Waals surface area (Å²) in [7, 11) is -0.375. The van der Waals surface area contributed by atoms with Gasteiger partial charge in [0.25, 0.3) is 5.69 Å². The summed E-state index contributed by atoms with van der Waals surface area (Å²) >= 11 is 0.